The molecule has 0 unspecified atom stereocenters. The molecule has 0 heteroatoms. The molecule has 0 saturated heterocycles. The second kappa shape index (κ2) is 33.3. The van der Waals surface area contributed by atoms with Crippen LogP contribution in [0.3, 0.4) is 0 Å². The standard InChI is InChI=1S/3C45H30/c1-29-11-8-16-32(25-29)33-23-24-40-41(26-33)43(37-22-10-15-31-13-3-5-18-35(31)37)28-44-39-20-7-6-19-38(39)42(27-45(40)44)36-21-9-14-30-12-2-4-17-34(30)36;1-29-20-22-30(23-21-29)33-24-25-40-41(26-33)43(37-19-9-13-32-11-3-5-15-35(32)37)28-44-39-17-7-6-16-38(39)42(27-45(40)44)36-18-8-12-31-10-2-4-14-34(31)36;1-29-14-16-32(17-15-29)35-22-23-40-43(26-35)42(37-21-19-31-9-3-5-11-34(31)25-37)28-44-39-13-7-6-12-38(39)41(27-45(40)44)36-20-18-30-8-2-4-10-33(30)24-36/h3*2-28H,1H3. The highest BCUT2D eigenvalue weighted by molar-refractivity contribution is 6.30. The highest BCUT2D eigenvalue weighted by Gasteiger charge is 2.23. The molecule has 27 rings (SSSR count). The zero-order valence-corrected chi connectivity index (χ0v) is 75.3. The first kappa shape index (κ1) is 80.0. The minimum Gasteiger partial charge on any atom is -0.0616 e. The van der Waals surface area contributed by atoms with Gasteiger partial charge in [-0.05, 0) is 349 Å². The Morgan fingerprint density at radius 2 is 0.319 bits per heavy atom. The summed E-state index contributed by atoms with van der Waals surface area (Å²) < 4.78 is 0. The fourth-order valence-electron chi connectivity index (χ4n) is 21.8. The summed E-state index contributed by atoms with van der Waals surface area (Å²) in [6.07, 6.45) is 0. The summed E-state index contributed by atoms with van der Waals surface area (Å²) in [5.41, 5.74) is 26.4. The van der Waals surface area contributed by atoms with E-state index in [0.29, 0.717) is 0 Å². The Morgan fingerprint density at radius 1 is 0.0889 bits per heavy atom. The summed E-state index contributed by atoms with van der Waals surface area (Å²) in [5, 5.41) is 38.2. The molecule has 27 aromatic rings. The quantitative estimate of drug-likeness (QED) is 0.126. The van der Waals surface area contributed by atoms with Gasteiger partial charge in [-0.2, -0.15) is 0 Å². The van der Waals surface area contributed by atoms with Crippen molar-refractivity contribution in [3.8, 4) is 100 Å². The molecule has 0 heterocycles. The van der Waals surface area contributed by atoms with E-state index in [1.54, 1.807) is 0 Å². The normalized spacial score (nSPS) is 11.7. The molecule has 0 aliphatic carbocycles. The minimum atomic E-state index is 1.23. The van der Waals surface area contributed by atoms with Crippen molar-refractivity contribution in [3.05, 3.63) is 508 Å². The zero-order valence-electron chi connectivity index (χ0n) is 75.3. The Morgan fingerprint density at radius 3 is 0.667 bits per heavy atom. The van der Waals surface area contributed by atoms with Crippen LogP contribution in [0.4, 0.5) is 0 Å². The first-order valence-corrected chi connectivity index (χ1v) is 47.0. The average molecular weight is 1710 g/mol. The molecule has 0 fully saturated rings. The maximum Gasteiger partial charge on any atom is -0.00923 e. The molecular weight excluding hydrogens is 1620 g/mol. The summed E-state index contributed by atoms with van der Waals surface area (Å²) in [5.74, 6) is 0. The van der Waals surface area contributed by atoms with Crippen LogP contribution in [0.1, 0.15) is 16.7 Å². The van der Waals surface area contributed by atoms with E-state index in [9.17, 15) is 0 Å². The Hall–Kier alpha value is -17.2. The lowest BCUT2D eigenvalue weighted by Crippen LogP contribution is -1.91. The van der Waals surface area contributed by atoms with Gasteiger partial charge in [-0.3, -0.25) is 0 Å². The third kappa shape index (κ3) is 14.2. The zero-order chi connectivity index (χ0) is 89.7. The van der Waals surface area contributed by atoms with Crippen molar-refractivity contribution in [3.63, 3.8) is 0 Å². The molecule has 0 bridgehead atoms. The molecule has 0 saturated carbocycles. The summed E-state index contributed by atoms with van der Waals surface area (Å²) in [6.45, 7) is 6.46. The number of rotatable bonds is 9. The molecule has 0 spiro atoms. The number of fused-ring (bicyclic) bond motifs is 21. The SMILES string of the molecule is Cc1ccc(-c2ccc3c(c2)c(-c2ccc4ccccc4c2)cc2c4ccccc4c(-c4ccc5ccccc5c4)cc32)cc1.Cc1ccc(-c2ccc3c(c2)c(-c2cccc4ccccc24)cc2c4ccccc4c(-c4cccc5ccccc45)cc32)cc1.Cc1cccc(-c2ccc3c(c2)c(-c2cccc4ccccc24)cc2c4ccccc4c(-c4cccc5ccccc45)cc32)c1. The van der Waals surface area contributed by atoms with E-state index < -0.39 is 0 Å². The van der Waals surface area contributed by atoms with Gasteiger partial charge in [0.15, 0.2) is 0 Å². The van der Waals surface area contributed by atoms with Crippen molar-refractivity contribution in [2.24, 2.45) is 0 Å². The number of hydrogen-bond acceptors (Lipinski definition) is 0. The highest BCUT2D eigenvalue weighted by atomic mass is 14.3. The summed E-state index contributed by atoms with van der Waals surface area (Å²) in [4.78, 5) is 0. The van der Waals surface area contributed by atoms with Gasteiger partial charge in [-0.25, -0.2) is 0 Å². The largest absolute Gasteiger partial charge is 0.0616 e. The molecule has 0 aromatic heterocycles. The van der Waals surface area contributed by atoms with Crippen molar-refractivity contribution >= 4 is 162 Å². The molecule has 0 radical (unpaired) electrons. The fraction of sp³-hybridized carbons (Fsp3) is 0.0222. The van der Waals surface area contributed by atoms with Crippen LogP contribution in [-0.2, 0) is 0 Å². The van der Waals surface area contributed by atoms with Gasteiger partial charge in [-0.15, -0.1) is 0 Å². The van der Waals surface area contributed by atoms with Crippen molar-refractivity contribution < 1.29 is 0 Å². The molecule has 27 aromatic carbocycles. The van der Waals surface area contributed by atoms with Crippen LogP contribution in [0.15, 0.2) is 491 Å². The number of benzene rings is 27. The third-order valence-electron chi connectivity index (χ3n) is 28.5. The van der Waals surface area contributed by atoms with E-state index >= 15 is 0 Å². The molecule has 135 heavy (non-hydrogen) atoms. The second-order valence-electron chi connectivity index (χ2n) is 36.6. The molecule has 0 N–H and O–H groups in total. The molecule has 630 valence electrons. The summed E-state index contributed by atoms with van der Waals surface area (Å²) >= 11 is 0. The predicted molar refractivity (Wildman–Crippen MR) is 585 cm³/mol. The van der Waals surface area contributed by atoms with Crippen molar-refractivity contribution in [1.29, 1.82) is 0 Å². The predicted octanol–water partition coefficient (Wildman–Crippen LogP) is 38.3. The van der Waals surface area contributed by atoms with Crippen LogP contribution in [0, 0.1) is 20.8 Å². The van der Waals surface area contributed by atoms with Gasteiger partial charge >= 0.3 is 0 Å². The summed E-state index contributed by atoms with van der Waals surface area (Å²) in [6, 6.07) is 182. The second-order valence-corrected chi connectivity index (χ2v) is 36.6. The Kier molecular flexibility index (Phi) is 19.8. The molecule has 0 amide bonds. The van der Waals surface area contributed by atoms with E-state index in [2.05, 4.69) is 512 Å². The monoisotopic (exact) mass is 1710 g/mol. The molecule has 0 aliphatic heterocycles. The summed E-state index contributed by atoms with van der Waals surface area (Å²) in [7, 11) is 0. The Balaban J connectivity index is 0.000000108. The van der Waals surface area contributed by atoms with E-state index in [0.717, 1.165) is 0 Å². The van der Waals surface area contributed by atoms with Crippen LogP contribution >= 0.6 is 0 Å². The van der Waals surface area contributed by atoms with Gasteiger partial charge in [0.1, 0.15) is 0 Å². The van der Waals surface area contributed by atoms with E-state index in [-0.39, 0.29) is 0 Å². The van der Waals surface area contributed by atoms with Gasteiger partial charge in [0.05, 0.1) is 0 Å². The first-order chi connectivity index (χ1) is 66.6. The maximum atomic E-state index is 2.45. The van der Waals surface area contributed by atoms with Crippen LogP contribution in [-0.4, -0.2) is 0 Å². The van der Waals surface area contributed by atoms with E-state index in [1.165, 1.54) is 278 Å². The first-order valence-electron chi connectivity index (χ1n) is 47.0. The minimum absolute atomic E-state index is 1.23. The Labute approximate surface area is 784 Å². The molecular formula is C135H90. The van der Waals surface area contributed by atoms with Gasteiger partial charge < -0.3 is 0 Å². The average Bonchev–Trinajstić information content (AvgIpc) is 0.718. The van der Waals surface area contributed by atoms with Crippen LogP contribution < -0.4 is 0 Å². The highest BCUT2D eigenvalue weighted by Crippen LogP contribution is 2.51. The molecule has 0 nitrogen and oxygen atoms in total. The molecule has 0 atom stereocenters. The smallest absolute Gasteiger partial charge is 0.00923 e. The molecule has 0 aliphatic rings. The Bertz CT molecular complexity index is 9500. The van der Waals surface area contributed by atoms with Crippen molar-refractivity contribution in [2.45, 2.75) is 20.8 Å². The van der Waals surface area contributed by atoms with Crippen molar-refractivity contribution in [2.75, 3.05) is 0 Å². The lowest BCUT2D eigenvalue weighted by molar-refractivity contribution is 1.47. The maximum absolute atomic E-state index is 2.45. The van der Waals surface area contributed by atoms with Crippen LogP contribution in [0.5, 0.6) is 0 Å². The van der Waals surface area contributed by atoms with E-state index in [4.69, 9.17) is 0 Å². The van der Waals surface area contributed by atoms with Crippen LogP contribution in [0.25, 0.3) is 262 Å². The van der Waals surface area contributed by atoms with Gasteiger partial charge in [0.2, 0.25) is 0 Å². The van der Waals surface area contributed by atoms with Gasteiger partial charge in [-0.1, -0.05) is 441 Å². The van der Waals surface area contributed by atoms with Crippen LogP contribution in [0.2, 0.25) is 0 Å². The number of hydrogen-bond donors (Lipinski definition) is 0. The van der Waals surface area contributed by atoms with Gasteiger partial charge in [0, 0.05) is 0 Å². The fourth-order valence-corrected chi connectivity index (χ4v) is 21.8. The lowest BCUT2D eigenvalue weighted by Gasteiger charge is -2.18. The van der Waals surface area contributed by atoms with E-state index in [1.807, 2.05) is 0 Å². The number of aryl methyl sites for hydroxylation is 3. The topological polar surface area (TPSA) is 0 Å². The third-order valence-corrected chi connectivity index (χ3v) is 28.5. The lowest BCUT2D eigenvalue weighted by atomic mass is 9.85. The van der Waals surface area contributed by atoms with Crippen molar-refractivity contribution in [1.82, 2.24) is 0 Å². The van der Waals surface area contributed by atoms with Gasteiger partial charge in [0.25, 0.3) is 0 Å².